The van der Waals surface area contributed by atoms with Crippen LogP contribution in [-0.2, 0) is 0 Å². The van der Waals surface area contributed by atoms with Gasteiger partial charge >= 0.3 is 0 Å². The number of hydrogen-bond acceptors (Lipinski definition) is 11. The summed E-state index contributed by atoms with van der Waals surface area (Å²) in [6.07, 6.45) is 9.29. The van der Waals surface area contributed by atoms with Gasteiger partial charge in [0.15, 0.2) is 11.5 Å². The lowest BCUT2D eigenvalue weighted by Gasteiger charge is -2.26. The lowest BCUT2D eigenvalue weighted by Crippen LogP contribution is -2.41. The summed E-state index contributed by atoms with van der Waals surface area (Å²) in [6, 6.07) is 7.85. The van der Waals surface area contributed by atoms with E-state index in [2.05, 4.69) is 24.8 Å². The zero-order valence-corrected chi connectivity index (χ0v) is 23.2. The zero-order valence-electron chi connectivity index (χ0n) is 22.4. The van der Waals surface area contributed by atoms with Gasteiger partial charge < -0.3 is 25.7 Å². The van der Waals surface area contributed by atoms with Gasteiger partial charge in [-0.15, -0.1) is 11.3 Å². The van der Waals surface area contributed by atoms with Gasteiger partial charge in [0.2, 0.25) is 0 Å². The van der Waals surface area contributed by atoms with Gasteiger partial charge in [0.05, 0.1) is 43.7 Å². The van der Waals surface area contributed by atoms with Crippen molar-refractivity contribution in [1.82, 2.24) is 24.8 Å². The molecule has 6 rings (SSSR count). The number of benzene rings is 1. The molecule has 1 aliphatic heterocycles. The van der Waals surface area contributed by atoms with Gasteiger partial charge in [0, 0.05) is 52.9 Å². The van der Waals surface area contributed by atoms with Crippen molar-refractivity contribution in [2.45, 2.75) is 24.9 Å². The van der Waals surface area contributed by atoms with Crippen LogP contribution in [0.5, 0.6) is 17.2 Å². The van der Waals surface area contributed by atoms with E-state index in [1.54, 1.807) is 44.1 Å². The van der Waals surface area contributed by atoms with Crippen molar-refractivity contribution in [1.29, 1.82) is 0 Å². The van der Waals surface area contributed by atoms with Crippen molar-refractivity contribution in [3.63, 3.8) is 0 Å². The number of nitrogen functional groups attached to an aromatic ring is 1. The summed E-state index contributed by atoms with van der Waals surface area (Å²) >= 11 is 1.70. The van der Waals surface area contributed by atoms with Crippen LogP contribution in [0.25, 0.3) is 32.9 Å². The summed E-state index contributed by atoms with van der Waals surface area (Å²) in [5.74, 6) is 2.23. The van der Waals surface area contributed by atoms with Gasteiger partial charge in [0.1, 0.15) is 23.2 Å². The highest BCUT2D eigenvalue weighted by Crippen LogP contribution is 2.37. The third kappa shape index (κ3) is 5.10. The Morgan fingerprint density at radius 1 is 1.02 bits per heavy atom. The molecule has 4 aromatic heterocycles. The predicted octanol–water partition coefficient (Wildman–Crippen LogP) is 4.44. The van der Waals surface area contributed by atoms with Gasteiger partial charge in [-0.25, -0.2) is 9.97 Å². The molecule has 0 bridgehead atoms. The topological polar surface area (TPSA) is 135 Å². The highest BCUT2D eigenvalue weighted by molar-refractivity contribution is 7.09. The standard InChI is InChI=1S/C29H31N7O3S/c1-37-26-10-21-20-9-23(35-28(31)22(20)14-34-24(21)11-27(26)38-2)17-8-19(13-32-12-17)39-16-18(30)15-36-6-3-4-25(36)29-33-5-7-40-29/h5,7-14,18,25H,3-4,6,15-16,30H2,1-2H3,(H2,31,35)/t18-,25-/m1/s1. The smallest absolute Gasteiger partial charge is 0.162 e. The number of nitrogens with two attached hydrogens (primary N) is 2. The van der Waals surface area contributed by atoms with Crippen LogP contribution in [0.1, 0.15) is 23.9 Å². The fraction of sp³-hybridized carbons (Fsp3) is 0.310. The number of thiazole rings is 1. The molecule has 1 fully saturated rings. The number of pyridine rings is 3. The fourth-order valence-electron chi connectivity index (χ4n) is 5.32. The molecule has 5 aromatic rings. The van der Waals surface area contributed by atoms with E-state index in [1.165, 1.54) is 0 Å². The second-order valence-electron chi connectivity index (χ2n) is 9.84. The van der Waals surface area contributed by atoms with E-state index < -0.39 is 0 Å². The highest BCUT2D eigenvalue weighted by atomic mass is 32.1. The Morgan fingerprint density at radius 3 is 2.67 bits per heavy atom. The van der Waals surface area contributed by atoms with Crippen LogP contribution in [0.2, 0.25) is 0 Å². The number of hydrogen-bond donors (Lipinski definition) is 2. The Labute approximate surface area is 235 Å². The van der Waals surface area contributed by atoms with Crippen LogP contribution >= 0.6 is 11.3 Å². The number of fused-ring (bicyclic) bond motifs is 3. The van der Waals surface area contributed by atoms with Crippen LogP contribution in [0.3, 0.4) is 0 Å². The van der Waals surface area contributed by atoms with E-state index in [0.717, 1.165) is 58.2 Å². The largest absolute Gasteiger partial charge is 0.493 e. The average molecular weight is 558 g/mol. The Bertz CT molecular complexity index is 1650. The number of anilines is 1. The average Bonchev–Trinajstić information content (AvgIpc) is 3.67. The van der Waals surface area contributed by atoms with Crippen molar-refractivity contribution in [3.05, 3.63) is 59.4 Å². The number of likely N-dealkylation sites (tertiary alicyclic amines) is 1. The lowest BCUT2D eigenvalue weighted by molar-refractivity contribution is 0.201. The molecule has 5 heterocycles. The molecule has 0 radical (unpaired) electrons. The van der Waals surface area contributed by atoms with Gasteiger partial charge in [-0.2, -0.15) is 0 Å². The summed E-state index contributed by atoms with van der Waals surface area (Å²) in [7, 11) is 3.21. The molecule has 11 heteroatoms. The first-order chi connectivity index (χ1) is 19.5. The predicted molar refractivity (Wildman–Crippen MR) is 157 cm³/mol. The van der Waals surface area contributed by atoms with E-state index in [1.807, 2.05) is 35.8 Å². The van der Waals surface area contributed by atoms with Crippen molar-refractivity contribution in [3.8, 4) is 28.5 Å². The van der Waals surface area contributed by atoms with Crippen LogP contribution in [0.4, 0.5) is 5.82 Å². The van der Waals surface area contributed by atoms with Crippen molar-refractivity contribution < 1.29 is 14.2 Å². The van der Waals surface area contributed by atoms with Gasteiger partial charge in [-0.1, -0.05) is 0 Å². The SMILES string of the molecule is COc1cc2ncc3c(N)nc(-c4cncc(OC[C@H](N)CN5CCC[C@@H]5c5nccs5)c4)cc3c2cc1OC. The normalized spacial score (nSPS) is 16.4. The second-order valence-corrected chi connectivity index (χ2v) is 10.8. The second kappa shape index (κ2) is 11.2. The number of methoxy groups -OCH3 is 2. The lowest BCUT2D eigenvalue weighted by atomic mass is 10.0. The minimum atomic E-state index is -0.149. The van der Waals surface area contributed by atoms with E-state index in [-0.39, 0.29) is 6.04 Å². The maximum Gasteiger partial charge on any atom is 0.162 e. The molecule has 10 nitrogen and oxygen atoms in total. The summed E-state index contributed by atoms with van der Waals surface area (Å²) in [5.41, 5.74) is 15.1. The number of rotatable bonds is 9. The minimum Gasteiger partial charge on any atom is -0.493 e. The molecular formula is C29H31N7O3S. The number of ether oxygens (including phenoxy) is 3. The molecule has 0 aliphatic carbocycles. The van der Waals surface area contributed by atoms with Gasteiger partial charge in [-0.3, -0.25) is 14.9 Å². The molecule has 1 saturated heterocycles. The zero-order chi connectivity index (χ0) is 27.6. The van der Waals surface area contributed by atoms with Crippen LogP contribution in [-0.4, -0.2) is 64.8 Å². The Hall–Kier alpha value is -4.06. The fourth-order valence-corrected chi connectivity index (χ4v) is 6.13. The summed E-state index contributed by atoms with van der Waals surface area (Å²) in [4.78, 5) is 20.5. The molecule has 206 valence electrons. The maximum absolute atomic E-state index is 6.49. The van der Waals surface area contributed by atoms with E-state index in [4.69, 9.17) is 25.7 Å². The monoisotopic (exact) mass is 557 g/mol. The number of nitrogens with zero attached hydrogens (tertiary/aromatic N) is 5. The van der Waals surface area contributed by atoms with E-state index >= 15 is 0 Å². The van der Waals surface area contributed by atoms with E-state index in [0.29, 0.717) is 41.4 Å². The number of aromatic nitrogens is 4. The van der Waals surface area contributed by atoms with Crippen molar-refractivity contribution >= 4 is 38.8 Å². The molecule has 0 unspecified atom stereocenters. The van der Waals surface area contributed by atoms with Gasteiger partial charge in [0.25, 0.3) is 0 Å². The highest BCUT2D eigenvalue weighted by Gasteiger charge is 2.29. The van der Waals surface area contributed by atoms with Crippen molar-refractivity contribution in [2.75, 3.05) is 39.6 Å². The summed E-state index contributed by atoms with van der Waals surface area (Å²) in [6.45, 7) is 2.14. The third-order valence-electron chi connectivity index (χ3n) is 7.26. The quantitative estimate of drug-likeness (QED) is 0.250. The molecule has 0 saturated carbocycles. The first kappa shape index (κ1) is 26.2. The van der Waals surface area contributed by atoms with E-state index in [9.17, 15) is 0 Å². The molecule has 1 aromatic carbocycles. The molecule has 2 atom stereocenters. The van der Waals surface area contributed by atoms with Gasteiger partial charge in [-0.05, 0) is 43.0 Å². The summed E-state index contributed by atoms with van der Waals surface area (Å²) in [5, 5.41) is 5.73. The maximum atomic E-state index is 6.49. The molecule has 4 N–H and O–H groups in total. The molecule has 40 heavy (non-hydrogen) atoms. The first-order valence-corrected chi connectivity index (χ1v) is 14.0. The first-order valence-electron chi connectivity index (χ1n) is 13.1. The Kier molecular flexibility index (Phi) is 7.33. The molecule has 1 aliphatic rings. The summed E-state index contributed by atoms with van der Waals surface area (Å²) < 4.78 is 17.1. The van der Waals surface area contributed by atoms with Crippen molar-refractivity contribution in [2.24, 2.45) is 5.73 Å². The Morgan fingerprint density at radius 2 is 1.88 bits per heavy atom. The molecule has 0 spiro atoms. The third-order valence-corrected chi connectivity index (χ3v) is 8.13. The van der Waals surface area contributed by atoms with Crippen LogP contribution < -0.4 is 25.7 Å². The molecule has 0 amide bonds. The molecular weight excluding hydrogens is 526 g/mol. The van der Waals surface area contributed by atoms with Crippen LogP contribution in [0, 0.1) is 0 Å². The minimum absolute atomic E-state index is 0.149. The van der Waals surface area contributed by atoms with Crippen LogP contribution in [0.15, 0.2) is 54.4 Å². The Balaban J connectivity index is 1.22.